The average Bonchev–Trinajstić information content (AvgIpc) is 3.34. The number of hydrogen-bond acceptors (Lipinski definition) is 6. The van der Waals surface area contributed by atoms with E-state index in [9.17, 15) is 5.11 Å². The standard InChI is InChI=1S/C19H21N3O3/c23-18(14-5-2-1-3-6-14)15-8-10-22(11-9-15)13-17-20-21-19(25-17)16-7-4-12-24-16/h1-7,12,15,18,23H,8-11,13H2/t18-/m0/s1. The normalized spacial score (nSPS) is 17.6. The van der Waals surface area contributed by atoms with Gasteiger partial charge in [0.1, 0.15) is 0 Å². The molecule has 1 fully saturated rings. The second-order valence-electron chi connectivity index (χ2n) is 6.45. The van der Waals surface area contributed by atoms with Gasteiger partial charge >= 0.3 is 0 Å². The molecule has 0 saturated carbocycles. The Morgan fingerprint density at radius 1 is 1.08 bits per heavy atom. The molecule has 0 bridgehead atoms. The van der Waals surface area contributed by atoms with Crippen molar-refractivity contribution in [1.82, 2.24) is 15.1 Å². The van der Waals surface area contributed by atoms with Crippen LogP contribution >= 0.6 is 0 Å². The molecule has 6 heteroatoms. The first-order valence-electron chi connectivity index (χ1n) is 8.61. The fraction of sp³-hybridized carbons (Fsp3) is 0.368. The zero-order valence-electron chi connectivity index (χ0n) is 13.9. The minimum atomic E-state index is -0.391. The number of hydrogen-bond donors (Lipinski definition) is 1. The molecule has 3 aromatic rings. The maximum Gasteiger partial charge on any atom is 0.283 e. The van der Waals surface area contributed by atoms with E-state index in [1.807, 2.05) is 30.3 Å². The third-order valence-electron chi connectivity index (χ3n) is 4.78. The van der Waals surface area contributed by atoms with Crippen LogP contribution in [0.2, 0.25) is 0 Å². The zero-order chi connectivity index (χ0) is 17.1. The Kier molecular flexibility index (Phi) is 4.63. The van der Waals surface area contributed by atoms with E-state index in [-0.39, 0.29) is 0 Å². The van der Waals surface area contributed by atoms with Crippen molar-refractivity contribution in [1.29, 1.82) is 0 Å². The number of aliphatic hydroxyl groups is 1. The van der Waals surface area contributed by atoms with Crippen LogP contribution in [0.3, 0.4) is 0 Å². The average molecular weight is 339 g/mol. The van der Waals surface area contributed by atoms with Gasteiger partial charge in [0.2, 0.25) is 5.89 Å². The molecule has 0 radical (unpaired) electrons. The summed E-state index contributed by atoms with van der Waals surface area (Å²) in [6, 6.07) is 13.5. The molecule has 6 nitrogen and oxygen atoms in total. The summed E-state index contributed by atoms with van der Waals surface area (Å²) in [7, 11) is 0. The molecule has 0 spiro atoms. The number of likely N-dealkylation sites (tertiary alicyclic amines) is 1. The van der Waals surface area contributed by atoms with E-state index in [0.717, 1.165) is 31.5 Å². The van der Waals surface area contributed by atoms with Crippen LogP contribution in [0.5, 0.6) is 0 Å². The predicted molar refractivity (Wildman–Crippen MR) is 91.4 cm³/mol. The SMILES string of the molecule is O[C@@H](c1ccccc1)C1CCN(Cc2nnc(-c3ccco3)o2)CC1. The van der Waals surface area contributed by atoms with E-state index < -0.39 is 6.10 Å². The molecule has 1 atom stereocenters. The van der Waals surface area contributed by atoms with Crippen molar-refractivity contribution in [3.63, 3.8) is 0 Å². The lowest BCUT2D eigenvalue weighted by atomic mass is 9.87. The van der Waals surface area contributed by atoms with Crippen LogP contribution in [-0.2, 0) is 6.54 Å². The summed E-state index contributed by atoms with van der Waals surface area (Å²) in [6.45, 7) is 2.45. The van der Waals surface area contributed by atoms with Gasteiger partial charge in [0.25, 0.3) is 5.89 Å². The maximum absolute atomic E-state index is 10.6. The lowest BCUT2D eigenvalue weighted by Gasteiger charge is -2.33. The van der Waals surface area contributed by atoms with Crippen LogP contribution in [0.1, 0.15) is 30.4 Å². The van der Waals surface area contributed by atoms with Gasteiger partial charge in [-0.3, -0.25) is 4.90 Å². The molecule has 4 rings (SSSR count). The van der Waals surface area contributed by atoms with E-state index in [4.69, 9.17) is 8.83 Å². The molecule has 130 valence electrons. The molecule has 1 aromatic carbocycles. The van der Waals surface area contributed by atoms with Gasteiger partial charge in [0.05, 0.1) is 18.9 Å². The fourth-order valence-corrected chi connectivity index (χ4v) is 3.36. The van der Waals surface area contributed by atoms with Crippen molar-refractivity contribution in [2.45, 2.75) is 25.5 Å². The smallest absolute Gasteiger partial charge is 0.283 e. The van der Waals surface area contributed by atoms with Crippen molar-refractivity contribution in [2.24, 2.45) is 5.92 Å². The van der Waals surface area contributed by atoms with E-state index in [2.05, 4.69) is 15.1 Å². The summed E-state index contributed by atoms with van der Waals surface area (Å²) >= 11 is 0. The molecule has 0 amide bonds. The Morgan fingerprint density at radius 3 is 2.60 bits per heavy atom. The van der Waals surface area contributed by atoms with Gasteiger partial charge in [-0.05, 0) is 49.5 Å². The number of aliphatic hydroxyl groups excluding tert-OH is 1. The van der Waals surface area contributed by atoms with Crippen LogP contribution in [0, 0.1) is 5.92 Å². The van der Waals surface area contributed by atoms with Crippen molar-refractivity contribution in [2.75, 3.05) is 13.1 Å². The number of nitrogens with zero attached hydrogens (tertiary/aromatic N) is 3. The molecule has 1 aliphatic heterocycles. The number of rotatable bonds is 5. The van der Waals surface area contributed by atoms with Crippen molar-refractivity contribution in [3.8, 4) is 11.7 Å². The third-order valence-corrected chi connectivity index (χ3v) is 4.78. The fourth-order valence-electron chi connectivity index (χ4n) is 3.36. The lowest BCUT2D eigenvalue weighted by molar-refractivity contribution is 0.0544. The highest BCUT2D eigenvalue weighted by Gasteiger charge is 2.27. The third kappa shape index (κ3) is 3.65. The van der Waals surface area contributed by atoms with Gasteiger partial charge in [-0.25, -0.2) is 0 Å². The first kappa shape index (κ1) is 16.1. The monoisotopic (exact) mass is 339 g/mol. The highest BCUT2D eigenvalue weighted by Crippen LogP contribution is 2.31. The second-order valence-corrected chi connectivity index (χ2v) is 6.45. The second kappa shape index (κ2) is 7.21. The number of furan rings is 1. The highest BCUT2D eigenvalue weighted by atomic mass is 16.4. The van der Waals surface area contributed by atoms with Crippen LogP contribution in [0.15, 0.2) is 57.6 Å². The molecule has 0 unspecified atom stereocenters. The Balaban J connectivity index is 1.32. The van der Waals surface area contributed by atoms with Crippen molar-refractivity contribution in [3.05, 3.63) is 60.2 Å². The van der Waals surface area contributed by atoms with Crippen molar-refractivity contribution < 1.29 is 13.9 Å². The summed E-state index contributed by atoms with van der Waals surface area (Å²) in [5.74, 6) is 1.88. The first-order valence-corrected chi connectivity index (χ1v) is 8.61. The molecule has 1 N–H and O–H groups in total. The molecule has 2 aromatic heterocycles. The molecular formula is C19H21N3O3. The van der Waals surface area contributed by atoms with Gasteiger partial charge in [0, 0.05) is 0 Å². The minimum Gasteiger partial charge on any atom is -0.459 e. The Hall–Kier alpha value is -2.44. The molecule has 1 aliphatic rings. The largest absolute Gasteiger partial charge is 0.459 e. The van der Waals surface area contributed by atoms with E-state index in [0.29, 0.717) is 30.0 Å². The predicted octanol–water partition coefficient (Wildman–Crippen LogP) is 3.28. The first-order chi connectivity index (χ1) is 12.3. The summed E-state index contributed by atoms with van der Waals surface area (Å²) in [4.78, 5) is 2.29. The summed E-state index contributed by atoms with van der Waals surface area (Å²) in [5.41, 5.74) is 1.00. The lowest BCUT2D eigenvalue weighted by Crippen LogP contribution is -2.35. The number of aromatic nitrogens is 2. The summed E-state index contributed by atoms with van der Waals surface area (Å²) < 4.78 is 10.9. The van der Waals surface area contributed by atoms with Crippen LogP contribution in [0.25, 0.3) is 11.7 Å². The van der Waals surface area contributed by atoms with Gasteiger partial charge in [0.15, 0.2) is 5.76 Å². The van der Waals surface area contributed by atoms with Gasteiger partial charge in [-0.2, -0.15) is 0 Å². The minimum absolute atomic E-state index is 0.292. The van der Waals surface area contributed by atoms with E-state index in [1.54, 1.807) is 18.4 Å². The maximum atomic E-state index is 10.6. The van der Waals surface area contributed by atoms with Crippen LogP contribution in [-0.4, -0.2) is 33.3 Å². The van der Waals surface area contributed by atoms with Gasteiger partial charge in [-0.15, -0.1) is 10.2 Å². The highest BCUT2D eigenvalue weighted by molar-refractivity contribution is 5.42. The van der Waals surface area contributed by atoms with E-state index in [1.165, 1.54) is 0 Å². The molecular weight excluding hydrogens is 318 g/mol. The van der Waals surface area contributed by atoms with Crippen LogP contribution < -0.4 is 0 Å². The molecule has 0 aliphatic carbocycles. The van der Waals surface area contributed by atoms with Crippen LogP contribution in [0.4, 0.5) is 0 Å². The molecule has 25 heavy (non-hydrogen) atoms. The number of piperidine rings is 1. The molecule has 3 heterocycles. The van der Waals surface area contributed by atoms with Gasteiger partial charge < -0.3 is 13.9 Å². The zero-order valence-corrected chi connectivity index (χ0v) is 13.9. The summed E-state index contributed by atoms with van der Waals surface area (Å²) in [5, 5.41) is 18.7. The Morgan fingerprint density at radius 2 is 1.88 bits per heavy atom. The quantitative estimate of drug-likeness (QED) is 0.769. The Bertz CT molecular complexity index is 777. The topological polar surface area (TPSA) is 75.5 Å². The van der Waals surface area contributed by atoms with E-state index >= 15 is 0 Å². The Labute approximate surface area is 146 Å². The number of benzene rings is 1. The van der Waals surface area contributed by atoms with Gasteiger partial charge in [-0.1, -0.05) is 30.3 Å². The van der Waals surface area contributed by atoms with Crippen molar-refractivity contribution >= 4 is 0 Å². The summed E-state index contributed by atoms with van der Waals surface area (Å²) in [6.07, 6.45) is 3.10. The molecule has 1 saturated heterocycles.